The van der Waals surface area contributed by atoms with E-state index in [1.165, 1.54) is 5.69 Å². The molecule has 5 nitrogen and oxygen atoms in total. The number of hydrogen-bond donors (Lipinski definition) is 0. The van der Waals surface area contributed by atoms with Crippen molar-refractivity contribution in [3.05, 3.63) is 59.8 Å². The van der Waals surface area contributed by atoms with E-state index in [0.29, 0.717) is 0 Å². The minimum atomic E-state index is 0.952. The number of fused-ring (bicyclic) bond motifs is 2. The van der Waals surface area contributed by atoms with Gasteiger partial charge in [0.25, 0.3) is 0 Å². The summed E-state index contributed by atoms with van der Waals surface area (Å²) in [4.78, 5) is 11.0. The van der Waals surface area contributed by atoms with Gasteiger partial charge in [0.1, 0.15) is 6.34 Å². The minimum Gasteiger partial charge on any atom is -0.378 e. The summed E-state index contributed by atoms with van der Waals surface area (Å²) in [5, 5.41) is 6.36. The van der Waals surface area contributed by atoms with E-state index in [1.54, 1.807) is 6.34 Å². The standard InChI is InChI=1S/C21H17N5/c1-25(2)16-6-3-14(4-7-16)18-9-10-19-20-15(11-23-21(18)20)5-8-17-12-22-13-24-26(17)19/h3-13H,1-2H3. The molecule has 3 heterocycles. The second-order valence-corrected chi connectivity index (χ2v) is 6.59. The van der Waals surface area contributed by atoms with Crippen LogP contribution in [0.1, 0.15) is 5.56 Å². The zero-order valence-corrected chi connectivity index (χ0v) is 14.6. The van der Waals surface area contributed by atoms with Crippen molar-refractivity contribution in [3.8, 4) is 11.1 Å². The second-order valence-electron chi connectivity index (χ2n) is 6.59. The summed E-state index contributed by atoms with van der Waals surface area (Å²) in [6, 6.07) is 12.8. The van der Waals surface area contributed by atoms with Gasteiger partial charge < -0.3 is 4.90 Å². The number of rotatable bonds is 2. The van der Waals surface area contributed by atoms with Crippen LogP contribution in [-0.4, -0.2) is 32.9 Å². The first-order chi connectivity index (χ1) is 12.7. The van der Waals surface area contributed by atoms with Crippen LogP contribution in [0.25, 0.3) is 16.7 Å². The quantitative estimate of drug-likeness (QED) is 0.821. The summed E-state index contributed by atoms with van der Waals surface area (Å²) in [5.41, 5.74) is 8.68. The molecule has 0 atom stereocenters. The lowest BCUT2D eigenvalue weighted by Gasteiger charge is -2.23. The van der Waals surface area contributed by atoms with Crippen LogP contribution in [-0.2, 0) is 0 Å². The Bertz CT molecular complexity index is 1050. The Balaban J connectivity index is 1.67. The van der Waals surface area contributed by atoms with Gasteiger partial charge >= 0.3 is 0 Å². The van der Waals surface area contributed by atoms with Crippen LogP contribution >= 0.6 is 0 Å². The Morgan fingerprint density at radius 3 is 2.58 bits per heavy atom. The molecule has 3 aliphatic rings. The first kappa shape index (κ1) is 14.8. The van der Waals surface area contributed by atoms with Gasteiger partial charge in [0.05, 0.1) is 23.3 Å². The largest absolute Gasteiger partial charge is 0.378 e. The number of allylic oxidation sites excluding steroid dienone is 4. The Kier molecular flexibility index (Phi) is 3.15. The van der Waals surface area contributed by atoms with Crippen molar-refractivity contribution in [1.29, 1.82) is 0 Å². The molecular formula is C21H17N5. The lowest BCUT2D eigenvalue weighted by molar-refractivity contribution is 1.04. The van der Waals surface area contributed by atoms with Gasteiger partial charge in [0.2, 0.25) is 0 Å². The van der Waals surface area contributed by atoms with Gasteiger partial charge in [-0.2, -0.15) is 5.10 Å². The average molecular weight is 339 g/mol. The lowest BCUT2D eigenvalue weighted by atomic mass is 9.96. The topological polar surface area (TPSA) is 43.6 Å². The number of anilines is 2. The van der Waals surface area contributed by atoms with E-state index < -0.39 is 0 Å². The Hall–Kier alpha value is -3.47. The monoisotopic (exact) mass is 339 g/mol. The molecule has 2 aromatic rings. The number of aliphatic imine (C=N–C) groups is 2. The van der Waals surface area contributed by atoms with Crippen LogP contribution in [0.3, 0.4) is 0 Å². The molecule has 0 bridgehead atoms. The fraction of sp³-hybridized carbons (Fsp3) is 0.0952. The van der Waals surface area contributed by atoms with Gasteiger partial charge in [0.15, 0.2) is 0 Å². The van der Waals surface area contributed by atoms with Crippen LogP contribution < -0.4 is 9.91 Å². The summed E-state index contributed by atoms with van der Waals surface area (Å²) >= 11 is 0. The molecule has 0 aliphatic carbocycles. The molecule has 0 fully saturated rings. The summed E-state index contributed by atoms with van der Waals surface area (Å²) in [7, 11) is 4.09. The first-order valence-corrected chi connectivity index (χ1v) is 8.49. The van der Waals surface area contributed by atoms with Gasteiger partial charge in [-0.1, -0.05) is 24.3 Å². The highest BCUT2D eigenvalue weighted by Gasteiger charge is 2.27. The minimum absolute atomic E-state index is 0.952. The fourth-order valence-corrected chi connectivity index (χ4v) is 3.48. The third kappa shape index (κ3) is 2.14. The van der Waals surface area contributed by atoms with Crippen molar-refractivity contribution >= 4 is 41.4 Å². The van der Waals surface area contributed by atoms with Gasteiger partial charge in [-0.05, 0) is 29.8 Å². The molecular weight excluding hydrogens is 322 g/mol. The first-order valence-electron chi connectivity index (χ1n) is 8.49. The molecule has 126 valence electrons. The smallest absolute Gasteiger partial charge is 0.136 e. The van der Waals surface area contributed by atoms with Crippen molar-refractivity contribution in [2.75, 3.05) is 24.0 Å². The summed E-state index contributed by atoms with van der Waals surface area (Å²) in [6.45, 7) is 0. The van der Waals surface area contributed by atoms with Gasteiger partial charge in [-0.3, -0.25) is 4.99 Å². The molecule has 2 aromatic carbocycles. The maximum atomic E-state index is 4.72. The zero-order chi connectivity index (χ0) is 17.7. The van der Waals surface area contributed by atoms with Crippen LogP contribution in [0.5, 0.6) is 0 Å². The summed E-state index contributed by atoms with van der Waals surface area (Å²) in [5.74, 6) is 0. The molecule has 0 saturated carbocycles. The summed E-state index contributed by atoms with van der Waals surface area (Å²) < 4.78 is 0. The van der Waals surface area contributed by atoms with Gasteiger partial charge in [-0.25, -0.2) is 10.0 Å². The van der Waals surface area contributed by atoms with Gasteiger partial charge in [-0.15, -0.1) is 0 Å². The Labute approximate surface area is 152 Å². The molecule has 26 heavy (non-hydrogen) atoms. The van der Waals surface area contributed by atoms with E-state index in [-0.39, 0.29) is 0 Å². The zero-order valence-electron chi connectivity index (χ0n) is 14.6. The predicted octanol–water partition coefficient (Wildman–Crippen LogP) is 4.25. The maximum absolute atomic E-state index is 4.72. The van der Waals surface area contributed by atoms with E-state index in [1.807, 2.05) is 37.6 Å². The molecule has 0 amide bonds. The van der Waals surface area contributed by atoms with E-state index in [0.717, 1.165) is 39.3 Å². The average Bonchev–Trinajstić information content (AvgIpc) is 3.03. The summed E-state index contributed by atoms with van der Waals surface area (Å²) in [6.07, 6.45) is 9.44. The van der Waals surface area contributed by atoms with Crippen molar-refractivity contribution in [2.45, 2.75) is 0 Å². The van der Waals surface area contributed by atoms with E-state index in [2.05, 4.69) is 57.5 Å². The van der Waals surface area contributed by atoms with Crippen molar-refractivity contribution in [2.24, 2.45) is 15.1 Å². The third-order valence-electron chi connectivity index (χ3n) is 4.82. The lowest BCUT2D eigenvalue weighted by Crippen LogP contribution is -2.19. The molecule has 5 heteroatoms. The SMILES string of the molecule is CN(C)c1ccc(-c2ccc3c4c2N=CC4=CC=C2C=NC=NN23)cc1. The maximum Gasteiger partial charge on any atom is 0.136 e. The van der Waals surface area contributed by atoms with E-state index in [4.69, 9.17) is 4.99 Å². The van der Waals surface area contributed by atoms with Crippen molar-refractivity contribution in [1.82, 2.24) is 0 Å². The van der Waals surface area contributed by atoms with Crippen LogP contribution in [0, 0.1) is 0 Å². The number of nitrogens with zero attached hydrogens (tertiary/aromatic N) is 5. The van der Waals surface area contributed by atoms with Crippen LogP contribution in [0.15, 0.2) is 69.3 Å². The van der Waals surface area contributed by atoms with Crippen LogP contribution in [0.2, 0.25) is 0 Å². The Morgan fingerprint density at radius 2 is 1.77 bits per heavy atom. The van der Waals surface area contributed by atoms with Gasteiger partial charge in [0, 0.05) is 42.7 Å². The molecule has 5 rings (SSSR count). The van der Waals surface area contributed by atoms with Crippen molar-refractivity contribution in [3.63, 3.8) is 0 Å². The normalized spacial score (nSPS) is 16.0. The fourth-order valence-electron chi connectivity index (χ4n) is 3.48. The van der Waals surface area contributed by atoms with E-state index in [9.17, 15) is 0 Å². The van der Waals surface area contributed by atoms with Crippen LogP contribution in [0.4, 0.5) is 17.1 Å². The molecule has 0 radical (unpaired) electrons. The second kappa shape index (κ2) is 5.52. The van der Waals surface area contributed by atoms with Crippen molar-refractivity contribution < 1.29 is 0 Å². The van der Waals surface area contributed by atoms with E-state index >= 15 is 0 Å². The molecule has 3 aliphatic heterocycles. The number of hydrogen-bond acceptors (Lipinski definition) is 5. The predicted molar refractivity (Wildman–Crippen MR) is 110 cm³/mol. The molecule has 0 saturated heterocycles. The molecule has 0 aromatic heterocycles. The third-order valence-corrected chi connectivity index (χ3v) is 4.82. The molecule has 0 unspecified atom stereocenters. The molecule has 0 N–H and O–H groups in total. The molecule has 0 spiro atoms. The highest BCUT2D eigenvalue weighted by Crippen LogP contribution is 2.47. The number of benzene rings is 2. The number of hydrazone groups is 1. The highest BCUT2D eigenvalue weighted by molar-refractivity contribution is 6.21. The highest BCUT2D eigenvalue weighted by atomic mass is 15.5. The Morgan fingerprint density at radius 1 is 0.923 bits per heavy atom.